The van der Waals surface area contributed by atoms with Gasteiger partial charge < -0.3 is 20.0 Å². The summed E-state index contributed by atoms with van der Waals surface area (Å²) in [5, 5.41) is 17.8. The molecule has 0 radical (unpaired) electrons. The Kier molecular flexibility index (Phi) is 3.29. The van der Waals surface area contributed by atoms with Gasteiger partial charge in [0.1, 0.15) is 5.75 Å². The van der Waals surface area contributed by atoms with Gasteiger partial charge in [-0.15, -0.1) is 0 Å². The van der Waals surface area contributed by atoms with Crippen LogP contribution < -0.4 is 9.47 Å². The molecular weight excluding hydrogens is 254 g/mol. The van der Waals surface area contributed by atoms with Crippen molar-refractivity contribution in [2.75, 3.05) is 6.79 Å². The van der Waals surface area contributed by atoms with Crippen LogP contribution in [0.2, 0.25) is 0 Å². The summed E-state index contributed by atoms with van der Waals surface area (Å²) in [6, 6.07) is 12.8. The molecule has 0 unspecified atom stereocenters. The average Bonchev–Trinajstić information content (AvgIpc) is 2.92. The zero-order valence-electron chi connectivity index (χ0n) is 10.9. The van der Waals surface area contributed by atoms with Crippen molar-refractivity contribution in [3.8, 4) is 17.2 Å². The Morgan fingerprint density at radius 1 is 1.10 bits per heavy atom. The van der Waals surface area contributed by atoms with E-state index in [4.69, 9.17) is 14.9 Å². The fourth-order valence-electron chi connectivity index (χ4n) is 2.23. The number of phenols is 1. The van der Waals surface area contributed by atoms with Crippen molar-refractivity contribution in [1.29, 1.82) is 5.41 Å². The highest BCUT2D eigenvalue weighted by Crippen LogP contribution is 2.32. The third kappa shape index (κ3) is 2.45. The molecule has 0 saturated carbocycles. The summed E-state index contributed by atoms with van der Waals surface area (Å²) in [7, 11) is 0. The number of hydrogen-bond donors (Lipinski definition) is 2. The monoisotopic (exact) mass is 269 g/mol. The van der Waals surface area contributed by atoms with Gasteiger partial charge in [0.2, 0.25) is 6.79 Å². The van der Waals surface area contributed by atoms with E-state index in [1.807, 2.05) is 24.3 Å². The third-order valence-corrected chi connectivity index (χ3v) is 3.33. The number of nitrogens with one attached hydrogen (secondary N) is 1. The van der Waals surface area contributed by atoms with Crippen LogP contribution in [0.15, 0.2) is 42.5 Å². The van der Waals surface area contributed by atoms with Crippen LogP contribution in [0.1, 0.15) is 17.5 Å². The number of hydrogen-bond acceptors (Lipinski definition) is 4. The van der Waals surface area contributed by atoms with E-state index in [1.54, 1.807) is 18.2 Å². The quantitative estimate of drug-likeness (QED) is 0.838. The topological polar surface area (TPSA) is 62.5 Å². The fraction of sp³-hybridized carbons (Fsp3) is 0.188. The molecule has 0 fully saturated rings. The molecule has 2 aromatic rings. The zero-order chi connectivity index (χ0) is 13.9. The highest BCUT2D eigenvalue weighted by molar-refractivity contribution is 6.00. The Morgan fingerprint density at radius 2 is 1.90 bits per heavy atom. The van der Waals surface area contributed by atoms with E-state index in [2.05, 4.69) is 0 Å². The molecule has 0 atom stereocenters. The second-order valence-electron chi connectivity index (χ2n) is 4.68. The molecule has 2 aromatic carbocycles. The molecule has 3 rings (SSSR count). The van der Waals surface area contributed by atoms with Crippen LogP contribution in [0.3, 0.4) is 0 Å². The van der Waals surface area contributed by atoms with Gasteiger partial charge >= 0.3 is 0 Å². The Labute approximate surface area is 117 Å². The van der Waals surface area contributed by atoms with E-state index in [9.17, 15) is 5.11 Å². The van der Waals surface area contributed by atoms with E-state index >= 15 is 0 Å². The Hall–Kier alpha value is -2.49. The standard InChI is InChI=1S/C16H15NO3/c17-13(12-3-1-2-4-14(12)18)7-5-11-6-8-15-16(9-11)20-10-19-15/h1-4,6,8-9,17-18H,5,7,10H2. The molecule has 1 aliphatic heterocycles. The lowest BCUT2D eigenvalue weighted by atomic mass is 10.0. The molecular formula is C16H15NO3. The van der Waals surface area contributed by atoms with Crippen molar-refractivity contribution in [1.82, 2.24) is 0 Å². The summed E-state index contributed by atoms with van der Waals surface area (Å²) in [5.41, 5.74) is 2.11. The van der Waals surface area contributed by atoms with Gasteiger partial charge in [-0.1, -0.05) is 18.2 Å². The van der Waals surface area contributed by atoms with Crippen molar-refractivity contribution < 1.29 is 14.6 Å². The second kappa shape index (κ2) is 5.25. The molecule has 4 nitrogen and oxygen atoms in total. The molecule has 0 bridgehead atoms. The summed E-state index contributed by atoms with van der Waals surface area (Å²) in [6.07, 6.45) is 1.29. The number of fused-ring (bicyclic) bond motifs is 1. The van der Waals surface area contributed by atoms with Crippen molar-refractivity contribution in [3.05, 3.63) is 53.6 Å². The molecule has 2 N–H and O–H groups in total. The Bertz CT molecular complexity index is 652. The predicted octanol–water partition coefficient (Wildman–Crippen LogP) is 3.12. The summed E-state index contributed by atoms with van der Waals surface area (Å²) < 4.78 is 10.6. The van der Waals surface area contributed by atoms with Crippen molar-refractivity contribution in [2.24, 2.45) is 0 Å². The van der Waals surface area contributed by atoms with Gasteiger partial charge in [-0.2, -0.15) is 0 Å². The molecule has 4 heteroatoms. The Balaban J connectivity index is 1.68. The van der Waals surface area contributed by atoms with Gasteiger partial charge in [-0.05, 0) is 42.7 Å². The van der Waals surface area contributed by atoms with Crippen LogP contribution in [-0.2, 0) is 6.42 Å². The van der Waals surface area contributed by atoms with Crippen LogP contribution in [0, 0.1) is 5.41 Å². The first-order valence-corrected chi connectivity index (χ1v) is 6.48. The van der Waals surface area contributed by atoms with Crippen LogP contribution in [0.4, 0.5) is 0 Å². The maximum absolute atomic E-state index is 9.73. The van der Waals surface area contributed by atoms with Gasteiger partial charge in [0, 0.05) is 11.3 Å². The molecule has 0 amide bonds. The highest BCUT2D eigenvalue weighted by atomic mass is 16.7. The molecule has 1 aliphatic rings. The third-order valence-electron chi connectivity index (χ3n) is 3.33. The largest absolute Gasteiger partial charge is 0.507 e. The Morgan fingerprint density at radius 3 is 2.75 bits per heavy atom. The minimum Gasteiger partial charge on any atom is -0.507 e. The maximum Gasteiger partial charge on any atom is 0.231 e. The van der Waals surface area contributed by atoms with E-state index in [1.165, 1.54) is 0 Å². The number of rotatable bonds is 4. The smallest absolute Gasteiger partial charge is 0.231 e. The number of aromatic hydroxyl groups is 1. The number of aryl methyl sites for hydroxylation is 1. The number of ether oxygens (including phenoxy) is 2. The summed E-state index contributed by atoms with van der Waals surface area (Å²) in [6.45, 7) is 0.270. The molecule has 0 saturated heterocycles. The minimum atomic E-state index is 0.156. The van der Waals surface area contributed by atoms with E-state index < -0.39 is 0 Å². The maximum atomic E-state index is 9.73. The number of phenolic OH excluding ortho intramolecular Hbond substituents is 1. The average molecular weight is 269 g/mol. The summed E-state index contributed by atoms with van der Waals surface area (Å²) in [5.74, 6) is 1.68. The number of para-hydroxylation sites is 1. The molecule has 1 heterocycles. The molecule has 102 valence electrons. The van der Waals surface area contributed by atoms with E-state index in [-0.39, 0.29) is 12.5 Å². The first-order valence-electron chi connectivity index (χ1n) is 6.48. The summed E-state index contributed by atoms with van der Waals surface area (Å²) >= 11 is 0. The van der Waals surface area contributed by atoms with Crippen LogP contribution in [-0.4, -0.2) is 17.6 Å². The second-order valence-corrected chi connectivity index (χ2v) is 4.68. The molecule has 0 spiro atoms. The van der Waals surface area contributed by atoms with E-state index in [0.29, 0.717) is 17.7 Å². The normalized spacial score (nSPS) is 12.4. The van der Waals surface area contributed by atoms with Gasteiger partial charge in [0.25, 0.3) is 0 Å². The first kappa shape index (κ1) is 12.5. The molecule has 0 aromatic heterocycles. The SMILES string of the molecule is N=C(CCc1ccc2c(c1)OCO2)c1ccccc1O. The predicted molar refractivity (Wildman–Crippen MR) is 75.8 cm³/mol. The van der Waals surface area contributed by atoms with Crippen LogP contribution in [0.5, 0.6) is 17.2 Å². The highest BCUT2D eigenvalue weighted by Gasteiger charge is 2.13. The van der Waals surface area contributed by atoms with Crippen LogP contribution in [0.25, 0.3) is 0 Å². The van der Waals surface area contributed by atoms with Gasteiger partial charge in [-0.25, -0.2) is 0 Å². The van der Waals surface area contributed by atoms with E-state index in [0.717, 1.165) is 23.5 Å². The number of benzene rings is 2. The first-order chi connectivity index (χ1) is 9.74. The van der Waals surface area contributed by atoms with Crippen LogP contribution >= 0.6 is 0 Å². The van der Waals surface area contributed by atoms with Crippen molar-refractivity contribution in [3.63, 3.8) is 0 Å². The lowest BCUT2D eigenvalue weighted by molar-refractivity contribution is 0.174. The molecule has 0 aliphatic carbocycles. The van der Waals surface area contributed by atoms with Gasteiger partial charge in [0.05, 0.1) is 0 Å². The van der Waals surface area contributed by atoms with Gasteiger partial charge in [-0.3, -0.25) is 0 Å². The van der Waals surface area contributed by atoms with Crippen molar-refractivity contribution in [2.45, 2.75) is 12.8 Å². The fourth-order valence-corrected chi connectivity index (χ4v) is 2.23. The lowest BCUT2D eigenvalue weighted by Gasteiger charge is -2.07. The molecule has 20 heavy (non-hydrogen) atoms. The van der Waals surface area contributed by atoms with Crippen molar-refractivity contribution >= 4 is 5.71 Å². The van der Waals surface area contributed by atoms with Gasteiger partial charge in [0.15, 0.2) is 11.5 Å². The zero-order valence-corrected chi connectivity index (χ0v) is 10.9. The minimum absolute atomic E-state index is 0.156. The summed E-state index contributed by atoms with van der Waals surface area (Å²) in [4.78, 5) is 0. The lowest BCUT2D eigenvalue weighted by Crippen LogP contribution is -2.01.